The van der Waals surface area contributed by atoms with Crippen LogP contribution in [0.15, 0.2) is 55.3 Å². The van der Waals surface area contributed by atoms with Crippen molar-refractivity contribution in [1.82, 2.24) is 25.3 Å². The molecule has 234 valence electrons. The van der Waals surface area contributed by atoms with Crippen molar-refractivity contribution in [3.63, 3.8) is 0 Å². The van der Waals surface area contributed by atoms with Gasteiger partial charge in [-0.05, 0) is 98.5 Å². The summed E-state index contributed by atoms with van der Waals surface area (Å²) in [5, 5.41) is 26.3. The molecule has 2 aromatic carbocycles. The Balaban J connectivity index is 1.79. The van der Waals surface area contributed by atoms with Crippen LogP contribution in [-0.2, 0) is 18.3 Å². The Morgan fingerprint density at radius 3 is 2.25 bits per heavy atom. The van der Waals surface area contributed by atoms with Crippen molar-refractivity contribution >= 4 is 17.4 Å². The van der Waals surface area contributed by atoms with Gasteiger partial charge in [0, 0.05) is 64.3 Å². The van der Waals surface area contributed by atoms with Crippen LogP contribution in [0.5, 0.6) is 0 Å². The Bertz CT molecular complexity index is 1390. The van der Waals surface area contributed by atoms with Gasteiger partial charge in [0.25, 0.3) is 5.91 Å². The number of fused-ring (bicyclic) bond motifs is 2. The number of rotatable bonds is 11. The second-order valence-corrected chi connectivity index (χ2v) is 12.8. The Morgan fingerprint density at radius 2 is 1.68 bits per heavy atom. The summed E-state index contributed by atoms with van der Waals surface area (Å²) in [6, 6.07) is 14.9. The largest absolute Gasteiger partial charge is 0.378 e. The molecule has 2 aromatic rings. The molecule has 1 aliphatic heterocycles. The summed E-state index contributed by atoms with van der Waals surface area (Å²) in [4.78, 5) is 18.7. The van der Waals surface area contributed by atoms with Gasteiger partial charge in [0.2, 0.25) is 0 Å². The topological polar surface area (TPSA) is 98.5 Å². The summed E-state index contributed by atoms with van der Waals surface area (Å²) in [5.41, 5.74) is 7.28. The minimum atomic E-state index is -0.764. The highest BCUT2D eigenvalue weighted by molar-refractivity contribution is 5.97. The molecule has 0 saturated carbocycles. The number of benzene rings is 2. The average Bonchev–Trinajstić information content (AvgIpc) is 3.43. The Kier molecular flexibility index (Phi) is 10.2. The summed E-state index contributed by atoms with van der Waals surface area (Å²) >= 11 is 0. The lowest BCUT2D eigenvalue weighted by Crippen LogP contribution is -2.49. The molecule has 3 N–H and O–H groups in total. The van der Waals surface area contributed by atoms with E-state index >= 15 is 0 Å². The third-order valence-electron chi connectivity index (χ3n) is 8.99. The van der Waals surface area contributed by atoms with Crippen LogP contribution < -0.4 is 10.6 Å². The monoisotopic (exact) mass is 595 g/mol. The zero-order valence-electron chi connectivity index (χ0n) is 27.4. The number of nitrogens with one attached hydrogen (secondary N) is 3. The number of carbonyl (C=O) groups is 1. The standard InChI is InChI=1S/C36H49N7O/c1-24(2)40-35(38)36(17-18-39-23-25(3)43-19-9-10-31(43)22-37)32-15-13-27(26(4)41(5)6)20-28(32)11-12-29-21-30(14-16-33(29)36)34(44)42(7)8/h13-16,20-21,24,31,39H,3-4,9-12,17-19,23H2,1-2,5-8H3,(H2,38,40). The Labute approximate surface area is 263 Å². The van der Waals surface area contributed by atoms with Gasteiger partial charge in [0.05, 0.1) is 11.5 Å². The van der Waals surface area contributed by atoms with E-state index in [9.17, 15) is 15.5 Å². The molecular formula is C36H49N7O. The second-order valence-electron chi connectivity index (χ2n) is 12.8. The van der Waals surface area contributed by atoms with Crippen molar-refractivity contribution in [2.75, 3.05) is 47.8 Å². The van der Waals surface area contributed by atoms with E-state index in [0.717, 1.165) is 65.9 Å². The third kappa shape index (κ3) is 6.53. The fourth-order valence-electron chi connectivity index (χ4n) is 6.64. The number of nitrogens with zero attached hydrogens (tertiary/aromatic N) is 4. The summed E-state index contributed by atoms with van der Waals surface area (Å²) in [6.07, 6.45) is 4.08. The molecule has 4 rings (SSSR count). The van der Waals surface area contributed by atoms with Crippen LogP contribution in [-0.4, -0.2) is 86.4 Å². The predicted octanol–water partition coefficient (Wildman–Crippen LogP) is 4.76. The molecule has 0 radical (unpaired) electrons. The van der Waals surface area contributed by atoms with Gasteiger partial charge >= 0.3 is 0 Å². The fraction of sp³-hybridized carbons (Fsp3) is 0.472. The lowest BCUT2D eigenvalue weighted by Gasteiger charge is -2.39. The summed E-state index contributed by atoms with van der Waals surface area (Å²) in [5.74, 6) is 0.422. The van der Waals surface area contributed by atoms with Crippen LogP contribution in [0, 0.1) is 16.7 Å². The molecular weight excluding hydrogens is 546 g/mol. The van der Waals surface area contributed by atoms with Crippen LogP contribution in [0.1, 0.15) is 71.3 Å². The van der Waals surface area contributed by atoms with Crippen molar-refractivity contribution in [3.05, 3.63) is 88.6 Å². The van der Waals surface area contributed by atoms with Crippen molar-refractivity contribution in [2.45, 2.75) is 63.5 Å². The maximum absolute atomic E-state index is 13.0. The normalized spacial score (nSPS) is 19.0. The van der Waals surface area contributed by atoms with E-state index in [1.54, 1.807) is 19.0 Å². The number of likely N-dealkylation sites (tertiary alicyclic amines) is 1. The number of hydrogen-bond donors (Lipinski definition) is 3. The zero-order valence-corrected chi connectivity index (χ0v) is 27.4. The van der Waals surface area contributed by atoms with Crippen LogP contribution in [0.4, 0.5) is 0 Å². The number of nitriles is 1. The molecule has 1 saturated heterocycles. The maximum atomic E-state index is 13.0. The first kappa shape index (κ1) is 32.8. The van der Waals surface area contributed by atoms with E-state index in [2.05, 4.69) is 72.9 Å². The van der Waals surface area contributed by atoms with Gasteiger partial charge in [-0.15, -0.1) is 0 Å². The van der Waals surface area contributed by atoms with E-state index in [1.165, 1.54) is 5.56 Å². The Morgan fingerprint density at radius 1 is 1.07 bits per heavy atom. The zero-order chi connectivity index (χ0) is 32.2. The first-order valence-electron chi connectivity index (χ1n) is 15.7. The van der Waals surface area contributed by atoms with E-state index in [0.29, 0.717) is 30.9 Å². The van der Waals surface area contributed by atoms with Gasteiger partial charge in [-0.3, -0.25) is 10.2 Å². The molecule has 0 spiro atoms. The molecule has 0 aromatic heterocycles. The van der Waals surface area contributed by atoms with Gasteiger partial charge in [-0.25, -0.2) is 0 Å². The van der Waals surface area contributed by atoms with Crippen LogP contribution in [0.3, 0.4) is 0 Å². The highest BCUT2D eigenvalue weighted by Gasteiger charge is 2.43. The molecule has 2 aliphatic rings. The number of aryl methyl sites for hydroxylation is 2. The van der Waals surface area contributed by atoms with E-state index in [-0.39, 0.29) is 18.0 Å². The van der Waals surface area contributed by atoms with Crippen LogP contribution in [0.2, 0.25) is 0 Å². The third-order valence-corrected chi connectivity index (χ3v) is 8.99. The summed E-state index contributed by atoms with van der Waals surface area (Å²) < 4.78 is 0. The van der Waals surface area contributed by atoms with Gasteiger partial charge in [0.15, 0.2) is 0 Å². The number of amidine groups is 1. The number of amides is 1. The van der Waals surface area contributed by atoms with E-state index in [1.807, 2.05) is 31.1 Å². The Hall–Kier alpha value is -4.09. The molecule has 44 heavy (non-hydrogen) atoms. The second kappa shape index (κ2) is 13.7. The molecule has 8 heteroatoms. The number of carbonyl (C=O) groups excluding carboxylic acids is 1. The smallest absolute Gasteiger partial charge is 0.253 e. The SMILES string of the molecule is C=C(c1ccc2c(c1)CCc1cc(C(=O)N(C)C)ccc1C2(CCNCC(=C)N1CCCC1C#N)C(=N)NC(C)C)N(C)C. The van der Waals surface area contributed by atoms with Gasteiger partial charge in [-0.1, -0.05) is 31.4 Å². The average molecular weight is 596 g/mol. The van der Waals surface area contributed by atoms with Gasteiger partial charge < -0.3 is 25.3 Å². The minimum Gasteiger partial charge on any atom is -0.378 e. The fourth-order valence-corrected chi connectivity index (χ4v) is 6.64. The molecule has 1 amide bonds. The maximum Gasteiger partial charge on any atom is 0.253 e. The molecule has 8 nitrogen and oxygen atoms in total. The van der Waals surface area contributed by atoms with Crippen LogP contribution in [0.25, 0.3) is 5.70 Å². The molecule has 1 aliphatic carbocycles. The predicted molar refractivity (Wildman–Crippen MR) is 180 cm³/mol. The molecule has 1 heterocycles. The van der Waals surface area contributed by atoms with Crippen molar-refractivity contribution in [2.24, 2.45) is 0 Å². The van der Waals surface area contributed by atoms with Crippen molar-refractivity contribution < 1.29 is 4.79 Å². The first-order valence-corrected chi connectivity index (χ1v) is 15.7. The summed E-state index contributed by atoms with van der Waals surface area (Å²) in [7, 11) is 7.55. The lowest BCUT2D eigenvalue weighted by atomic mass is 9.68. The highest BCUT2D eigenvalue weighted by atomic mass is 16.2. The van der Waals surface area contributed by atoms with Crippen molar-refractivity contribution in [1.29, 1.82) is 10.7 Å². The quantitative estimate of drug-likeness (QED) is 0.197. The minimum absolute atomic E-state index is 0.0297. The first-order chi connectivity index (χ1) is 20.9. The highest BCUT2D eigenvalue weighted by Crippen LogP contribution is 2.44. The van der Waals surface area contributed by atoms with E-state index in [4.69, 9.17) is 0 Å². The molecule has 1 fully saturated rings. The molecule has 2 atom stereocenters. The van der Waals surface area contributed by atoms with Crippen molar-refractivity contribution in [3.8, 4) is 6.07 Å². The molecule has 2 unspecified atom stereocenters. The molecule has 0 bridgehead atoms. The number of hydrogen-bond acceptors (Lipinski definition) is 6. The summed E-state index contributed by atoms with van der Waals surface area (Å²) in [6.45, 7) is 14.8. The van der Waals surface area contributed by atoms with Crippen LogP contribution >= 0.6 is 0 Å². The van der Waals surface area contributed by atoms with Gasteiger partial charge in [-0.2, -0.15) is 5.26 Å². The van der Waals surface area contributed by atoms with E-state index < -0.39 is 5.41 Å². The lowest BCUT2D eigenvalue weighted by molar-refractivity contribution is 0.0827. The van der Waals surface area contributed by atoms with Gasteiger partial charge in [0.1, 0.15) is 11.9 Å².